The number of rotatable bonds is 7. The minimum Gasteiger partial charge on any atom is -0.380 e. The predicted octanol–water partition coefficient (Wildman–Crippen LogP) is 4.37. The predicted molar refractivity (Wildman–Crippen MR) is 158 cm³/mol. The SMILES string of the molecule is O=C1CCC(N2C(=O)c3cccc(NCc4ccc(CN5C[C@@H]6CC(c7ccc(F)cc7)=C[C@@H]6C5)cc4)c3C2=O)C(=O)N1. The summed E-state index contributed by atoms with van der Waals surface area (Å²) in [6.45, 7) is 3.39. The van der Waals surface area contributed by atoms with Crippen molar-refractivity contribution in [2.75, 3.05) is 18.4 Å². The van der Waals surface area contributed by atoms with Crippen LogP contribution in [-0.4, -0.2) is 52.6 Å². The second kappa shape index (κ2) is 10.9. The molecule has 3 aromatic carbocycles. The molecule has 0 spiro atoms. The highest BCUT2D eigenvalue weighted by Gasteiger charge is 2.45. The van der Waals surface area contributed by atoms with Gasteiger partial charge in [0.05, 0.1) is 11.1 Å². The Balaban J connectivity index is 0.963. The maximum absolute atomic E-state index is 13.3. The van der Waals surface area contributed by atoms with Gasteiger partial charge in [0.2, 0.25) is 11.8 Å². The fourth-order valence-electron chi connectivity index (χ4n) is 6.89. The first-order chi connectivity index (χ1) is 20.8. The molecule has 3 atom stereocenters. The van der Waals surface area contributed by atoms with Crippen LogP contribution in [0.1, 0.15) is 56.7 Å². The summed E-state index contributed by atoms with van der Waals surface area (Å²) in [6, 6.07) is 19.2. The molecule has 2 fully saturated rings. The zero-order valence-electron chi connectivity index (χ0n) is 23.5. The van der Waals surface area contributed by atoms with E-state index < -0.39 is 29.7 Å². The second-order valence-corrected chi connectivity index (χ2v) is 11.9. The zero-order valence-corrected chi connectivity index (χ0v) is 23.5. The molecule has 7 rings (SSSR count). The largest absolute Gasteiger partial charge is 0.380 e. The lowest BCUT2D eigenvalue weighted by Gasteiger charge is -2.27. The quantitative estimate of drug-likeness (QED) is 0.404. The van der Waals surface area contributed by atoms with Gasteiger partial charge in [-0.2, -0.15) is 0 Å². The Morgan fingerprint density at radius 3 is 2.40 bits per heavy atom. The average molecular weight is 579 g/mol. The number of carbonyl (C=O) groups excluding carboxylic acids is 4. The smallest absolute Gasteiger partial charge is 0.264 e. The molecule has 0 saturated carbocycles. The van der Waals surface area contributed by atoms with Gasteiger partial charge in [-0.1, -0.05) is 48.5 Å². The molecule has 218 valence electrons. The number of anilines is 1. The maximum atomic E-state index is 13.3. The molecular weight excluding hydrogens is 547 g/mol. The summed E-state index contributed by atoms with van der Waals surface area (Å²) in [5, 5.41) is 5.53. The van der Waals surface area contributed by atoms with Crippen LogP contribution < -0.4 is 10.6 Å². The molecule has 0 aromatic heterocycles. The number of imide groups is 2. The van der Waals surface area contributed by atoms with Crippen LogP contribution in [0.5, 0.6) is 0 Å². The van der Waals surface area contributed by atoms with E-state index in [0.717, 1.165) is 42.1 Å². The van der Waals surface area contributed by atoms with E-state index >= 15 is 0 Å². The molecule has 9 heteroatoms. The van der Waals surface area contributed by atoms with Gasteiger partial charge in [0.15, 0.2) is 0 Å². The number of fused-ring (bicyclic) bond motifs is 2. The van der Waals surface area contributed by atoms with Crippen molar-refractivity contribution in [3.63, 3.8) is 0 Å². The van der Waals surface area contributed by atoms with Crippen LogP contribution in [0.4, 0.5) is 10.1 Å². The number of halogens is 1. The lowest BCUT2D eigenvalue weighted by Crippen LogP contribution is -2.54. The maximum Gasteiger partial charge on any atom is 0.264 e. The highest BCUT2D eigenvalue weighted by Crippen LogP contribution is 2.41. The van der Waals surface area contributed by atoms with Gasteiger partial charge in [0.1, 0.15) is 11.9 Å². The van der Waals surface area contributed by atoms with Crippen LogP contribution in [-0.2, 0) is 22.7 Å². The standard InChI is InChI=1S/C34H31FN4O4/c35-26-10-8-22(9-11-26)23-14-24-18-38(19-25(24)15-23)17-21-6-4-20(5-7-21)16-36-28-3-1-2-27-31(28)34(43)39(33(27)42)29-12-13-30(40)37-32(29)41/h1-11,14,24-25,29,36H,12-13,15-19H2,(H,37,40,41)/t24-,25+,29?/m1/s1. The number of allylic oxidation sites excluding steroid dienone is 1. The molecule has 4 aliphatic rings. The van der Waals surface area contributed by atoms with Gasteiger partial charge < -0.3 is 5.32 Å². The molecule has 1 unspecified atom stereocenters. The van der Waals surface area contributed by atoms with Gasteiger partial charge in [-0.25, -0.2) is 4.39 Å². The molecule has 43 heavy (non-hydrogen) atoms. The number of carbonyl (C=O) groups is 4. The summed E-state index contributed by atoms with van der Waals surface area (Å²) in [7, 11) is 0. The van der Waals surface area contributed by atoms with E-state index in [1.54, 1.807) is 18.2 Å². The summed E-state index contributed by atoms with van der Waals surface area (Å²) < 4.78 is 13.3. The summed E-state index contributed by atoms with van der Waals surface area (Å²) in [5.74, 6) is -1.15. The Hall–Kier alpha value is -4.63. The van der Waals surface area contributed by atoms with Crippen molar-refractivity contribution in [2.24, 2.45) is 11.8 Å². The van der Waals surface area contributed by atoms with E-state index in [2.05, 4.69) is 45.9 Å². The Labute approximate surface area is 248 Å². The van der Waals surface area contributed by atoms with Crippen molar-refractivity contribution >= 4 is 34.9 Å². The van der Waals surface area contributed by atoms with Gasteiger partial charge in [-0.05, 0) is 71.2 Å². The summed E-state index contributed by atoms with van der Waals surface area (Å²) in [6.07, 6.45) is 3.60. The van der Waals surface area contributed by atoms with E-state index in [4.69, 9.17) is 0 Å². The summed E-state index contributed by atoms with van der Waals surface area (Å²) in [4.78, 5) is 53.8. The average Bonchev–Trinajstić information content (AvgIpc) is 3.64. The van der Waals surface area contributed by atoms with Crippen LogP contribution in [0.3, 0.4) is 0 Å². The van der Waals surface area contributed by atoms with Crippen molar-refractivity contribution in [2.45, 2.75) is 38.4 Å². The monoisotopic (exact) mass is 578 g/mol. The Bertz CT molecular complexity index is 1670. The molecule has 3 heterocycles. The van der Waals surface area contributed by atoms with Gasteiger partial charge in [-0.15, -0.1) is 0 Å². The molecule has 2 N–H and O–H groups in total. The number of likely N-dealkylation sites (tertiary alicyclic amines) is 1. The minimum atomic E-state index is -0.992. The second-order valence-electron chi connectivity index (χ2n) is 11.9. The number of hydrogen-bond donors (Lipinski definition) is 2. The van der Waals surface area contributed by atoms with Crippen molar-refractivity contribution in [3.8, 4) is 0 Å². The normalized spacial score (nSPS) is 23.3. The molecule has 2 saturated heterocycles. The van der Waals surface area contributed by atoms with Gasteiger partial charge in [-0.3, -0.25) is 34.3 Å². The molecule has 8 nitrogen and oxygen atoms in total. The first-order valence-corrected chi connectivity index (χ1v) is 14.7. The first-order valence-electron chi connectivity index (χ1n) is 14.7. The number of nitrogens with one attached hydrogen (secondary N) is 2. The van der Waals surface area contributed by atoms with Crippen LogP contribution in [0.25, 0.3) is 5.57 Å². The summed E-state index contributed by atoms with van der Waals surface area (Å²) in [5.41, 5.74) is 5.75. The third-order valence-electron chi connectivity index (χ3n) is 9.06. The molecule has 4 amide bonds. The van der Waals surface area contributed by atoms with E-state index in [1.807, 2.05) is 12.1 Å². The fraction of sp³-hybridized carbons (Fsp3) is 0.294. The molecule has 0 radical (unpaired) electrons. The molecule has 0 bridgehead atoms. The Morgan fingerprint density at radius 1 is 0.884 bits per heavy atom. The number of amides is 4. The third-order valence-corrected chi connectivity index (χ3v) is 9.06. The highest BCUT2D eigenvalue weighted by atomic mass is 19.1. The van der Waals surface area contributed by atoms with Crippen LogP contribution in [0.2, 0.25) is 0 Å². The van der Waals surface area contributed by atoms with Gasteiger partial charge in [0.25, 0.3) is 11.8 Å². The first kappa shape index (κ1) is 27.2. The third kappa shape index (κ3) is 5.14. The molecular formula is C34H31FN4O4. The van der Waals surface area contributed by atoms with E-state index in [0.29, 0.717) is 24.1 Å². The fourth-order valence-corrected chi connectivity index (χ4v) is 6.89. The van der Waals surface area contributed by atoms with Crippen LogP contribution >= 0.6 is 0 Å². The van der Waals surface area contributed by atoms with Crippen molar-refractivity contribution in [1.29, 1.82) is 0 Å². The zero-order chi connectivity index (χ0) is 29.7. The van der Waals surface area contributed by atoms with E-state index in [1.165, 1.54) is 23.3 Å². The van der Waals surface area contributed by atoms with Crippen LogP contribution in [0.15, 0.2) is 72.8 Å². The molecule has 3 aliphatic heterocycles. The minimum absolute atomic E-state index is 0.0827. The number of benzene rings is 3. The summed E-state index contributed by atoms with van der Waals surface area (Å²) >= 11 is 0. The number of piperidine rings is 1. The van der Waals surface area contributed by atoms with Crippen LogP contribution in [0, 0.1) is 17.7 Å². The van der Waals surface area contributed by atoms with E-state index in [-0.39, 0.29) is 29.8 Å². The van der Waals surface area contributed by atoms with Crippen molar-refractivity contribution < 1.29 is 23.6 Å². The Morgan fingerprint density at radius 2 is 1.65 bits per heavy atom. The lowest BCUT2D eigenvalue weighted by molar-refractivity contribution is -0.136. The Kier molecular flexibility index (Phi) is 6.89. The van der Waals surface area contributed by atoms with Gasteiger partial charge >= 0.3 is 0 Å². The van der Waals surface area contributed by atoms with Crippen molar-refractivity contribution in [1.82, 2.24) is 15.1 Å². The molecule has 1 aliphatic carbocycles. The number of nitrogens with zero attached hydrogens (tertiary/aromatic N) is 2. The number of hydrogen-bond acceptors (Lipinski definition) is 6. The molecule has 3 aromatic rings. The van der Waals surface area contributed by atoms with E-state index in [9.17, 15) is 23.6 Å². The highest BCUT2D eigenvalue weighted by molar-refractivity contribution is 6.25. The van der Waals surface area contributed by atoms with Gasteiger partial charge in [0, 0.05) is 38.3 Å². The topological polar surface area (TPSA) is 98.8 Å². The van der Waals surface area contributed by atoms with Crippen molar-refractivity contribution in [3.05, 3.63) is 106 Å². The lowest BCUT2D eigenvalue weighted by atomic mass is 9.98.